The van der Waals surface area contributed by atoms with Gasteiger partial charge in [0.1, 0.15) is 41.5 Å². The third kappa shape index (κ3) is 4.16. The van der Waals surface area contributed by atoms with Gasteiger partial charge in [-0.1, -0.05) is 17.7 Å². The molecule has 190 valence electrons. The Labute approximate surface area is 216 Å². The lowest BCUT2D eigenvalue weighted by Crippen LogP contribution is -2.30. The minimum atomic E-state index is -0.421. The number of aromatic hydroxyl groups is 3. The van der Waals surface area contributed by atoms with E-state index in [0.717, 1.165) is 5.57 Å². The van der Waals surface area contributed by atoms with Crippen LogP contribution in [0.15, 0.2) is 93.6 Å². The van der Waals surface area contributed by atoms with E-state index in [1.807, 2.05) is 6.08 Å². The highest BCUT2D eigenvalue weighted by Gasteiger charge is 2.32. The number of rotatable bonds is 4. The van der Waals surface area contributed by atoms with E-state index in [2.05, 4.69) is 0 Å². The number of ketones is 1. The second-order valence-corrected chi connectivity index (χ2v) is 9.23. The molecule has 1 atom stereocenters. The monoisotopic (exact) mass is 510 g/mol. The van der Waals surface area contributed by atoms with Gasteiger partial charge in [0, 0.05) is 18.6 Å². The Hall–Kier alpha value is -4.98. The Morgan fingerprint density at radius 3 is 2.47 bits per heavy atom. The van der Waals surface area contributed by atoms with E-state index < -0.39 is 5.92 Å². The highest BCUT2D eigenvalue weighted by atomic mass is 16.5. The number of Topliss-reactive ketones (excluding diaryl/α,β-unsaturated/α-hetero) is 1. The number of benzene rings is 3. The van der Waals surface area contributed by atoms with E-state index in [0.29, 0.717) is 40.9 Å². The average Bonchev–Trinajstić information content (AvgIpc) is 2.91. The maximum absolute atomic E-state index is 13.0. The van der Waals surface area contributed by atoms with Crippen LogP contribution >= 0.6 is 0 Å². The second kappa shape index (κ2) is 9.15. The van der Waals surface area contributed by atoms with Crippen LogP contribution in [0.5, 0.6) is 28.7 Å². The summed E-state index contributed by atoms with van der Waals surface area (Å²) in [5.74, 6) is 0.647. The first kappa shape index (κ1) is 23.4. The first-order valence-electron chi connectivity index (χ1n) is 12.0. The van der Waals surface area contributed by atoms with Crippen LogP contribution in [0.3, 0.4) is 0 Å². The lowest BCUT2D eigenvalue weighted by Gasteiger charge is -2.27. The standard InChI is InChI=1S/C30H22O8/c31-18-4-8-21-26(12-18)36-14-23(29(21)34)16-1-6-20(7-2-16)38-28-11-17(3-10-25(28)33)24-15-37-27-13-19(32)5-9-22(27)30(24)35/h1,3-6,8-13,15,23,31-33H,2,7,14H2. The molecule has 3 N–H and O–H groups in total. The molecule has 0 radical (unpaired) electrons. The molecule has 0 spiro atoms. The van der Waals surface area contributed by atoms with Crippen LogP contribution in [0.1, 0.15) is 23.2 Å². The molecule has 38 heavy (non-hydrogen) atoms. The van der Waals surface area contributed by atoms with Crippen molar-refractivity contribution in [1.82, 2.24) is 0 Å². The number of hydrogen-bond donors (Lipinski definition) is 3. The van der Waals surface area contributed by atoms with Crippen LogP contribution in [0.25, 0.3) is 22.1 Å². The summed E-state index contributed by atoms with van der Waals surface area (Å²) in [5, 5.41) is 30.0. The first-order valence-corrected chi connectivity index (χ1v) is 12.0. The van der Waals surface area contributed by atoms with E-state index in [4.69, 9.17) is 13.9 Å². The quantitative estimate of drug-likeness (QED) is 0.331. The molecular formula is C30H22O8. The lowest BCUT2D eigenvalue weighted by molar-refractivity contribution is 0.0860. The molecule has 0 saturated carbocycles. The highest BCUT2D eigenvalue weighted by molar-refractivity contribution is 6.03. The number of allylic oxidation sites excluding steroid dienone is 3. The lowest BCUT2D eigenvalue weighted by atomic mass is 9.84. The molecule has 6 rings (SSSR count). The van der Waals surface area contributed by atoms with E-state index in [-0.39, 0.29) is 52.0 Å². The summed E-state index contributed by atoms with van der Waals surface area (Å²) < 4.78 is 17.3. The van der Waals surface area contributed by atoms with Crippen LogP contribution in [0, 0.1) is 5.92 Å². The van der Waals surface area contributed by atoms with Crippen molar-refractivity contribution in [1.29, 1.82) is 0 Å². The van der Waals surface area contributed by atoms with Crippen LogP contribution in [-0.4, -0.2) is 27.7 Å². The second-order valence-electron chi connectivity index (χ2n) is 9.23. The predicted molar refractivity (Wildman–Crippen MR) is 139 cm³/mol. The summed E-state index contributed by atoms with van der Waals surface area (Å²) in [6, 6.07) is 13.4. The summed E-state index contributed by atoms with van der Waals surface area (Å²) in [5.41, 5.74) is 2.15. The molecule has 4 aromatic rings. The fraction of sp³-hybridized carbons (Fsp3) is 0.133. The number of carbonyl (C=O) groups excluding carboxylic acids is 1. The van der Waals surface area contributed by atoms with Crippen molar-refractivity contribution in [2.75, 3.05) is 6.61 Å². The van der Waals surface area contributed by atoms with Gasteiger partial charge in [0.25, 0.3) is 0 Å². The van der Waals surface area contributed by atoms with Gasteiger partial charge in [0.05, 0.1) is 22.4 Å². The molecule has 1 aliphatic heterocycles. The summed E-state index contributed by atoms with van der Waals surface area (Å²) in [6.07, 6.45) is 5.99. The summed E-state index contributed by atoms with van der Waals surface area (Å²) >= 11 is 0. The number of fused-ring (bicyclic) bond motifs is 2. The zero-order valence-electron chi connectivity index (χ0n) is 20.0. The van der Waals surface area contributed by atoms with Gasteiger partial charge >= 0.3 is 0 Å². The molecule has 8 heteroatoms. The molecular weight excluding hydrogens is 488 g/mol. The van der Waals surface area contributed by atoms with Crippen molar-refractivity contribution in [2.24, 2.45) is 5.92 Å². The average molecular weight is 510 g/mol. The highest BCUT2D eigenvalue weighted by Crippen LogP contribution is 2.38. The Morgan fingerprint density at radius 1 is 0.842 bits per heavy atom. The maximum atomic E-state index is 13.0. The van der Waals surface area contributed by atoms with E-state index >= 15 is 0 Å². The largest absolute Gasteiger partial charge is 0.508 e. The Morgan fingerprint density at radius 2 is 1.66 bits per heavy atom. The third-order valence-electron chi connectivity index (χ3n) is 6.81. The van der Waals surface area contributed by atoms with Crippen LogP contribution in [0.2, 0.25) is 0 Å². The predicted octanol–water partition coefficient (Wildman–Crippen LogP) is 5.45. The molecule has 0 amide bonds. The van der Waals surface area contributed by atoms with Crippen molar-refractivity contribution in [3.05, 3.63) is 100 Å². The molecule has 0 saturated heterocycles. The van der Waals surface area contributed by atoms with E-state index in [1.165, 1.54) is 42.7 Å². The molecule has 3 aromatic carbocycles. The van der Waals surface area contributed by atoms with Crippen molar-refractivity contribution in [2.45, 2.75) is 12.8 Å². The van der Waals surface area contributed by atoms with Gasteiger partial charge in [-0.15, -0.1) is 0 Å². The van der Waals surface area contributed by atoms with E-state index in [1.54, 1.807) is 24.3 Å². The van der Waals surface area contributed by atoms with Crippen molar-refractivity contribution < 1.29 is 34.0 Å². The summed E-state index contributed by atoms with van der Waals surface area (Å²) in [6.45, 7) is 0.196. The van der Waals surface area contributed by atoms with Crippen LogP contribution in [0.4, 0.5) is 0 Å². The Kier molecular flexibility index (Phi) is 5.64. The topological polar surface area (TPSA) is 126 Å². The summed E-state index contributed by atoms with van der Waals surface area (Å²) in [7, 11) is 0. The molecule has 2 heterocycles. The molecule has 1 aromatic heterocycles. The molecule has 1 aliphatic carbocycles. The van der Waals surface area contributed by atoms with Gasteiger partial charge in [0.2, 0.25) is 0 Å². The van der Waals surface area contributed by atoms with Gasteiger partial charge in [-0.25, -0.2) is 0 Å². The van der Waals surface area contributed by atoms with Crippen LogP contribution in [-0.2, 0) is 0 Å². The number of ether oxygens (including phenoxy) is 2. The van der Waals surface area contributed by atoms with E-state index in [9.17, 15) is 24.9 Å². The minimum absolute atomic E-state index is 0.00262. The third-order valence-corrected chi connectivity index (χ3v) is 6.81. The SMILES string of the molecule is O=C1c2ccc(O)cc2OCC1C1=CC=C(Oc2cc(-c3coc4cc(O)ccc4c3=O)ccc2O)CC1. The number of carbonyl (C=O) groups is 1. The molecule has 2 aliphatic rings. The van der Waals surface area contributed by atoms with Crippen molar-refractivity contribution >= 4 is 16.8 Å². The van der Waals surface area contributed by atoms with Crippen molar-refractivity contribution in [3.8, 4) is 39.9 Å². The summed E-state index contributed by atoms with van der Waals surface area (Å²) in [4.78, 5) is 26.0. The van der Waals surface area contributed by atoms with Gasteiger partial charge in [-0.05, 0) is 54.5 Å². The number of hydrogen-bond acceptors (Lipinski definition) is 8. The zero-order chi connectivity index (χ0) is 26.4. The van der Waals surface area contributed by atoms with Crippen LogP contribution < -0.4 is 14.9 Å². The van der Waals surface area contributed by atoms with Gasteiger partial charge in [-0.3, -0.25) is 9.59 Å². The number of phenols is 3. The smallest absolute Gasteiger partial charge is 0.200 e. The van der Waals surface area contributed by atoms with Crippen molar-refractivity contribution in [3.63, 3.8) is 0 Å². The first-order chi connectivity index (χ1) is 18.4. The Bertz CT molecular complexity index is 1730. The zero-order valence-corrected chi connectivity index (χ0v) is 20.0. The molecule has 0 bridgehead atoms. The maximum Gasteiger partial charge on any atom is 0.200 e. The molecule has 1 unspecified atom stereocenters. The van der Waals surface area contributed by atoms with Gasteiger partial charge in [-0.2, -0.15) is 0 Å². The molecule has 0 fully saturated rings. The fourth-order valence-corrected chi connectivity index (χ4v) is 4.78. The normalized spacial score (nSPS) is 16.8. The Balaban J connectivity index is 1.24. The van der Waals surface area contributed by atoms with Gasteiger partial charge in [0.15, 0.2) is 22.7 Å². The molecule has 8 nitrogen and oxygen atoms in total. The number of phenolic OH excluding ortho intramolecular Hbond substituents is 3. The minimum Gasteiger partial charge on any atom is -0.508 e. The van der Waals surface area contributed by atoms with Gasteiger partial charge < -0.3 is 29.2 Å². The fourth-order valence-electron chi connectivity index (χ4n) is 4.78.